The molecule has 2 heterocycles. The van der Waals surface area contributed by atoms with E-state index in [1.54, 1.807) is 17.1 Å². The van der Waals surface area contributed by atoms with Gasteiger partial charge in [-0.1, -0.05) is 0 Å². The van der Waals surface area contributed by atoms with Gasteiger partial charge in [0.15, 0.2) is 0 Å². The molecule has 2 atom stereocenters. The second-order valence-electron chi connectivity index (χ2n) is 5.67. The van der Waals surface area contributed by atoms with Crippen LogP contribution in [0, 0.1) is 0 Å². The molecule has 108 valence electrons. The van der Waals surface area contributed by atoms with Crippen molar-refractivity contribution in [1.29, 1.82) is 0 Å². The fourth-order valence-electron chi connectivity index (χ4n) is 2.67. The van der Waals surface area contributed by atoms with E-state index in [1.807, 2.05) is 0 Å². The van der Waals surface area contributed by atoms with Gasteiger partial charge in [0.1, 0.15) is 0 Å². The molecule has 0 aliphatic carbocycles. The Morgan fingerprint density at radius 3 is 2.95 bits per heavy atom. The Bertz CT molecular complexity index is 392. The number of hydrogen-bond acceptors (Lipinski definition) is 5. The van der Waals surface area contributed by atoms with Crippen molar-refractivity contribution < 1.29 is 5.11 Å². The number of aromatic nitrogens is 2. The number of hydrogen-bond donors (Lipinski definition) is 2. The maximum absolute atomic E-state index is 10.1. The van der Waals surface area contributed by atoms with Crippen LogP contribution in [0.2, 0.25) is 0 Å². The lowest BCUT2D eigenvalue weighted by molar-refractivity contribution is 0.0621. The molecule has 1 aromatic heterocycles. The maximum atomic E-state index is 10.1. The number of nitrogens with two attached hydrogens (primary N) is 1. The van der Waals surface area contributed by atoms with Crippen molar-refractivity contribution in [2.75, 3.05) is 39.5 Å². The molecule has 2 rings (SSSR count). The number of aliphatic hydroxyl groups is 1. The third-order valence-electron chi connectivity index (χ3n) is 3.73. The number of nitrogens with zero attached hydrogens (tertiary/aromatic N) is 4. The number of likely N-dealkylation sites (tertiary alicyclic amines) is 1. The van der Waals surface area contributed by atoms with Crippen molar-refractivity contribution in [1.82, 2.24) is 19.6 Å². The number of piperidine rings is 1. The van der Waals surface area contributed by atoms with Crippen LogP contribution in [0.3, 0.4) is 0 Å². The van der Waals surface area contributed by atoms with Gasteiger partial charge in [0.25, 0.3) is 0 Å². The monoisotopic (exact) mass is 267 g/mol. The van der Waals surface area contributed by atoms with Crippen LogP contribution in [0.4, 0.5) is 5.69 Å². The molecule has 6 heteroatoms. The predicted molar refractivity (Wildman–Crippen MR) is 75.8 cm³/mol. The average molecular weight is 267 g/mol. The largest absolute Gasteiger partial charge is 0.396 e. The Kier molecular flexibility index (Phi) is 4.79. The lowest BCUT2D eigenvalue weighted by Crippen LogP contribution is -2.47. The molecular formula is C13H25N5O. The molecule has 0 spiro atoms. The van der Waals surface area contributed by atoms with Crippen LogP contribution in [-0.2, 0) is 6.54 Å². The number of aliphatic hydroxyl groups excluding tert-OH is 1. The second kappa shape index (κ2) is 6.36. The summed E-state index contributed by atoms with van der Waals surface area (Å²) >= 11 is 0. The highest BCUT2D eigenvalue weighted by atomic mass is 16.3. The van der Waals surface area contributed by atoms with Crippen LogP contribution in [0.5, 0.6) is 0 Å². The Morgan fingerprint density at radius 1 is 1.53 bits per heavy atom. The highest BCUT2D eigenvalue weighted by Gasteiger charge is 2.23. The Hall–Kier alpha value is -1.11. The minimum absolute atomic E-state index is 0.403. The van der Waals surface area contributed by atoms with Gasteiger partial charge in [-0.05, 0) is 33.5 Å². The van der Waals surface area contributed by atoms with E-state index in [1.165, 1.54) is 12.8 Å². The predicted octanol–water partition coefficient (Wildman–Crippen LogP) is -0.148. The van der Waals surface area contributed by atoms with Crippen molar-refractivity contribution in [3.05, 3.63) is 12.4 Å². The molecule has 0 bridgehead atoms. The normalized spacial score (nSPS) is 22.8. The van der Waals surface area contributed by atoms with Gasteiger partial charge in [0.2, 0.25) is 0 Å². The van der Waals surface area contributed by atoms with Crippen molar-refractivity contribution in [3.8, 4) is 0 Å². The van der Waals surface area contributed by atoms with Gasteiger partial charge < -0.3 is 15.7 Å². The van der Waals surface area contributed by atoms with Crippen molar-refractivity contribution in [3.63, 3.8) is 0 Å². The third-order valence-corrected chi connectivity index (χ3v) is 3.73. The van der Waals surface area contributed by atoms with Gasteiger partial charge in [-0.15, -0.1) is 0 Å². The minimum Gasteiger partial charge on any atom is -0.396 e. The summed E-state index contributed by atoms with van der Waals surface area (Å²) in [6.45, 7) is 3.30. The summed E-state index contributed by atoms with van der Waals surface area (Å²) in [7, 11) is 4.24. The van der Waals surface area contributed by atoms with Gasteiger partial charge in [-0.2, -0.15) is 5.10 Å². The Balaban J connectivity index is 1.80. The van der Waals surface area contributed by atoms with Crippen molar-refractivity contribution in [2.24, 2.45) is 0 Å². The molecule has 3 N–H and O–H groups in total. The van der Waals surface area contributed by atoms with Gasteiger partial charge in [0.05, 0.1) is 24.5 Å². The molecule has 0 amide bonds. The van der Waals surface area contributed by atoms with Crippen LogP contribution in [0.25, 0.3) is 0 Å². The highest BCUT2D eigenvalue weighted by Crippen LogP contribution is 2.14. The van der Waals surface area contributed by atoms with E-state index in [4.69, 9.17) is 5.73 Å². The molecule has 1 aliphatic heterocycles. The lowest BCUT2D eigenvalue weighted by Gasteiger charge is -2.36. The lowest BCUT2D eigenvalue weighted by atomic mass is 10.0. The zero-order valence-corrected chi connectivity index (χ0v) is 11.9. The molecule has 1 fully saturated rings. The molecule has 0 radical (unpaired) electrons. The quantitative estimate of drug-likeness (QED) is 0.776. The standard InChI is InChI=1S/C13H25N5O/c1-16(2)12-4-3-5-17(8-12)9-13(19)10-18-7-11(14)6-15-18/h6-7,12-13,19H,3-5,8-10,14H2,1-2H3. The molecule has 1 aliphatic rings. The first kappa shape index (κ1) is 14.3. The zero-order chi connectivity index (χ0) is 13.8. The molecule has 0 saturated carbocycles. The summed E-state index contributed by atoms with van der Waals surface area (Å²) in [4.78, 5) is 4.61. The summed E-state index contributed by atoms with van der Waals surface area (Å²) < 4.78 is 1.70. The van der Waals surface area contributed by atoms with E-state index < -0.39 is 6.10 Å². The molecule has 1 aromatic rings. The number of β-amino-alcohol motifs (C(OH)–C–C–N with tert-alkyl or cyclic N) is 1. The van der Waals surface area contributed by atoms with Crippen molar-refractivity contribution >= 4 is 5.69 Å². The van der Waals surface area contributed by atoms with Crippen LogP contribution >= 0.6 is 0 Å². The molecule has 6 nitrogen and oxygen atoms in total. The van der Waals surface area contributed by atoms with E-state index in [2.05, 4.69) is 29.0 Å². The summed E-state index contributed by atoms with van der Waals surface area (Å²) in [5, 5.41) is 14.2. The maximum Gasteiger partial charge on any atom is 0.0862 e. The molecule has 0 aromatic carbocycles. The Labute approximate surface area is 114 Å². The first-order chi connectivity index (χ1) is 9.04. The summed E-state index contributed by atoms with van der Waals surface area (Å²) in [6.07, 6.45) is 5.40. The van der Waals surface area contributed by atoms with E-state index in [0.717, 1.165) is 13.1 Å². The summed E-state index contributed by atoms with van der Waals surface area (Å²) in [5.41, 5.74) is 6.25. The summed E-state index contributed by atoms with van der Waals surface area (Å²) in [6, 6.07) is 0.598. The molecule has 19 heavy (non-hydrogen) atoms. The fraction of sp³-hybridized carbons (Fsp3) is 0.769. The van der Waals surface area contributed by atoms with E-state index in [9.17, 15) is 5.11 Å². The topological polar surface area (TPSA) is 70.5 Å². The number of anilines is 1. The van der Waals surface area contributed by atoms with E-state index >= 15 is 0 Å². The summed E-state index contributed by atoms with van der Waals surface area (Å²) in [5.74, 6) is 0. The second-order valence-corrected chi connectivity index (χ2v) is 5.67. The van der Waals surface area contributed by atoms with Crippen LogP contribution in [-0.4, -0.2) is 70.6 Å². The van der Waals surface area contributed by atoms with Gasteiger partial charge in [-0.3, -0.25) is 9.58 Å². The SMILES string of the molecule is CN(C)C1CCCN(CC(O)Cn2cc(N)cn2)C1. The molecule has 2 unspecified atom stereocenters. The molecular weight excluding hydrogens is 242 g/mol. The van der Waals surface area contributed by atoms with Gasteiger partial charge in [-0.25, -0.2) is 0 Å². The van der Waals surface area contributed by atoms with E-state index in [0.29, 0.717) is 24.8 Å². The number of likely N-dealkylation sites (N-methyl/N-ethyl adjacent to an activating group) is 1. The first-order valence-corrected chi connectivity index (χ1v) is 6.89. The van der Waals surface area contributed by atoms with E-state index in [-0.39, 0.29) is 0 Å². The van der Waals surface area contributed by atoms with Crippen LogP contribution in [0.1, 0.15) is 12.8 Å². The first-order valence-electron chi connectivity index (χ1n) is 6.89. The number of nitrogen functional groups attached to an aromatic ring is 1. The Morgan fingerprint density at radius 2 is 2.32 bits per heavy atom. The minimum atomic E-state index is -0.403. The average Bonchev–Trinajstić information content (AvgIpc) is 2.74. The third kappa shape index (κ3) is 4.19. The van der Waals surface area contributed by atoms with Crippen LogP contribution in [0.15, 0.2) is 12.4 Å². The van der Waals surface area contributed by atoms with Crippen LogP contribution < -0.4 is 5.73 Å². The van der Waals surface area contributed by atoms with Crippen molar-refractivity contribution in [2.45, 2.75) is 31.5 Å². The van der Waals surface area contributed by atoms with Gasteiger partial charge in [0, 0.05) is 25.3 Å². The number of rotatable bonds is 5. The fourth-order valence-corrected chi connectivity index (χ4v) is 2.67. The zero-order valence-electron chi connectivity index (χ0n) is 11.9. The smallest absolute Gasteiger partial charge is 0.0862 e. The highest BCUT2D eigenvalue weighted by molar-refractivity contribution is 5.30. The molecule has 1 saturated heterocycles. The van der Waals surface area contributed by atoms with Gasteiger partial charge >= 0.3 is 0 Å².